The number of nitrogens with zero attached hydrogens (tertiary/aromatic N) is 1. The quantitative estimate of drug-likeness (QED) is 0.812. The zero-order valence-corrected chi connectivity index (χ0v) is 9.46. The molecule has 1 saturated carbocycles. The van der Waals surface area contributed by atoms with E-state index >= 15 is 0 Å². The maximum Gasteiger partial charge on any atom is 0.0908 e. The molecular weight excluding hydrogens is 192 g/mol. The topological polar surface area (TPSA) is 29.3 Å². The molecule has 2 N–H and O–H groups in total. The highest BCUT2D eigenvalue weighted by Crippen LogP contribution is 2.28. The van der Waals surface area contributed by atoms with E-state index in [1.807, 2.05) is 11.3 Å². The van der Waals surface area contributed by atoms with Gasteiger partial charge in [-0.1, -0.05) is 0 Å². The van der Waals surface area contributed by atoms with Crippen molar-refractivity contribution in [1.29, 1.82) is 0 Å². The van der Waals surface area contributed by atoms with E-state index in [4.69, 9.17) is 5.73 Å². The van der Waals surface area contributed by atoms with Crippen LogP contribution in [0.4, 0.5) is 5.00 Å². The predicted octanol–water partition coefficient (Wildman–Crippen LogP) is 2.45. The summed E-state index contributed by atoms with van der Waals surface area (Å²) < 4.78 is 0. The molecule has 0 unspecified atom stereocenters. The predicted molar refractivity (Wildman–Crippen MR) is 63.0 cm³/mol. The standard InChI is InChI=1S/C11H18N2S/c1-13(11-3-2-8-14-11)10-6-4-9(12)5-7-10/h2-3,8-10H,4-7,12H2,1H3. The van der Waals surface area contributed by atoms with Gasteiger partial charge in [0.1, 0.15) is 0 Å². The highest BCUT2D eigenvalue weighted by molar-refractivity contribution is 7.14. The molecule has 1 aliphatic carbocycles. The van der Waals surface area contributed by atoms with Crippen molar-refractivity contribution in [3.63, 3.8) is 0 Å². The molecule has 1 heterocycles. The van der Waals surface area contributed by atoms with E-state index in [1.165, 1.54) is 30.7 Å². The molecule has 78 valence electrons. The van der Waals surface area contributed by atoms with Crippen molar-refractivity contribution in [1.82, 2.24) is 0 Å². The third-order valence-corrected chi connectivity index (χ3v) is 4.10. The van der Waals surface area contributed by atoms with E-state index in [9.17, 15) is 0 Å². The third-order valence-electron chi connectivity index (χ3n) is 3.14. The van der Waals surface area contributed by atoms with Gasteiger partial charge < -0.3 is 10.6 Å². The second kappa shape index (κ2) is 4.32. The van der Waals surface area contributed by atoms with Crippen LogP contribution in [0.5, 0.6) is 0 Å². The van der Waals surface area contributed by atoms with Crippen LogP contribution >= 0.6 is 11.3 Å². The molecule has 2 rings (SSSR count). The lowest BCUT2D eigenvalue weighted by molar-refractivity contribution is 0.386. The van der Waals surface area contributed by atoms with Gasteiger partial charge in [-0.3, -0.25) is 0 Å². The normalized spacial score (nSPS) is 27.6. The Hall–Kier alpha value is -0.540. The summed E-state index contributed by atoms with van der Waals surface area (Å²) in [6.45, 7) is 0. The molecule has 0 spiro atoms. The maximum atomic E-state index is 5.90. The van der Waals surface area contributed by atoms with Gasteiger partial charge in [0.05, 0.1) is 5.00 Å². The fourth-order valence-electron chi connectivity index (χ4n) is 2.14. The maximum absolute atomic E-state index is 5.90. The summed E-state index contributed by atoms with van der Waals surface area (Å²) in [7, 11) is 2.20. The molecule has 0 saturated heterocycles. The fraction of sp³-hybridized carbons (Fsp3) is 0.636. The molecule has 0 radical (unpaired) electrons. The van der Waals surface area contributed by atoms with Crippen molar-refractivity contribution in [3.05, 3.63) is 17.5 Å². The SMILES string of the molecule is CN(c1cccs1)C1CCC(N)CC1. The Morgan fingerprint density at radius 1 is 1.36 bits per heavy atom. The summed E-state index contributed by atoms with van der Waals surface area (Å²) in [6, 6.07) is 5.46. The van der Waals surface area contributed by atoms with Crippen LogP contribution in [0.1, 0.15) is 25.7 Å². The van der Waals surface area contributed by atoms with E-state index in [1.54, 1.807) is 0 Å². The lowest BCUT2D eigenvalue weighted by Crippen LogP contribution is -2.38. The lowest BCUT2D eigenvalue weighted by Gasteiger charge is -2.34. The Kier molecular flexibility index (Phi) is 3.08. The Labute approximate surface area is 89.7 Å². The van der Waals surface area contributed by atoms with Crippen molar-refractivity contribution in [2.45, 2.75) is 37.8 Å². The number of anilines is 1. The fourth-order valence-corrected chi connectivity index (χ4v) is 2.91. The lowest BCUT2D eigenvalue weighted by atomic mass is 9.91. The molecule has 1 fully saturated rings. The van der Waals surface area contributed by atoms with Crippen LogP contribution in [0.25, 0.3) is 0 Å². The van der Waals surface area contributed by atoms with Gasteiger partial charge in [0.2, 0.25) is 0 Å². The average molecular weight is 210 g/mol. The van der Waals surface area contributed by atoms with Gasteiger partial charge in [0.15, 0.2) is 0 Å². The zero-order chi connectivity index (χ0) is 9.97. The molecule has 0 aliphatic heterocycles. The van der Waals surface area contributed by atoms with Gasteiger partial charge in [-0.15, -0.1) is 11.3 Å². The van der Waals surface area contributed by atoms with Crippen LogP contribution in [-0.4, -0.2) is 19.1 Å². The van der Waals surface area contributed by atoms with Crippen molar-refractivity contribution in [2.75, 3.05) is 11.9 Å². The molecule has 2 nitrogen and oxygen atoms in total. The van der Waals surface area contributed by atoms with Crippen LogP contribution in [0.2, 0.25) is 0 Å². The molecule has 1 aliphatic rings. The van der Waals surface area contributed by atoms with Crippen molar-refractivity contribution >= 4 is 16.3 Å². The summed E-state index contributed by atoms with van der Waals surface area (Å²) in [4.78, 5) is 2.41. The second-order valence-corrected chi connectivity index (χ2v) is 5.06. The molecule has 1 aromatic heterocycles. The number of thiophene rings is 1. The summed E-state index contributed by atoms with van der Waals surface area (Å²) in [5, 5.41) is 3.52. The van der Waals surface area contributed by atoms with Gasteiger partial charge in [0, 0.05) is 19.1 Å². The Balaban J connectivity index is 1.95. The first-order chi connectivity index (χ1) is 6.77. The highest BCUT2D eigenvalue weighted by Gasteiger charge is 2.22. The first-order valence-electron chi connectivity index (χ1n) is 5.29. The number of nitrogens with two attached hydrogens (primary N) is 1. The Morgan fingerprint density at radius 2 is 2.07 bits per heavy atom. The van der Waals surface area contributed by atoms with Crippen LogP contribution in [0.3, 0.4) is 0 Å². The molecule has 14 heavy (non-hydrogen) atoms. The third kappa shape index (κ3) is 2.10. The van der Waals surface area contributed by atoms with Crippen molar-refractivity contribution < 1.29 is 0 Å². The first kappa shape index (κ1) is 9.99. The molecule has 0 atom stereocenters. The minimum Gasteiger partial charge on any atom is -0.364 e. The van der Waals surface area contributed by atoms with Gasteiger partial charge in [-0.05, 0) is 43.2 Å². The highest BCUT2D eigenvalue weighted by atomic mass is 32.1. The Bertz CT molecular complexity index is 263. The number of rotatable bonds is 2. The van der Waals surface area contributed by atoms with Crippen LogP contribution < -0.4 is 10.6 Å². The van der Waals surface area contributed by atoms with Gasteiger partial charge >= 0.3 is 0 Å². The molecule has 0 aromatic carbocycles. The largest absolute Gasteiger partial charge is 0.364 e. The van der Waals surface area contributed by atoms with E-state index < -0.39 is 0 Å². The molecule has 3 heteroatoms. The van der Waals surface area contributed by atoms with Gasteiger partial charge in [-0.2, -0.15) is 0 Å². The monoisotopic (exact) mass is 210 g/mol. The zero-order valence-electron chi connectivity index (χ0n) is 8.65. The van der Waals surface area contributed by atoms with Crippen molar-refractivity contribution in [3.8, 4) is 0 Å². The molecule has 1 aromatic rings. The van der Waals surface area contributed by atoms with Crippen LogP contribution in [0.15, 0.2) is 17.5 Å². The molecule has 0 amide bonds. The van der Waals surface area contributed by atoms with Gasteiger partial charge in [-0.25, -0.2) is 0 Å². The van der Waals surface area contributed by atoms with Crippen LogP contribution in [0, 0.1) is 0 Å². The average Bonchev–Trinajstić information content (AvgIpc) is 2.71. The minimum absolute atomic E-state index is 0.447. The smallest absolute Gasteiger partial charge is 0.0908 e. The summed E-state index contributed by atoms with van der Waals surface area (Å²) in [5.41, 5.74) is 5.90. The first-order valence-corrected chi connectivity index (χ1v) is 6.17. The Morgan fingerprint density at radius 3 is 2.64 bits per heavy atom. The minimum atomic E-state index is 0.447. The van der Waals surface area contributed by atoms with Crippen LogP contribution in [-0.2, 0) is 0 Å². The summed E-state index contributed by atoms with van der Waals surface area (Å²) in [5.74, 6) is 0. The van der Waals surface area contributed by atoms with E-state index in [-0.39, 0.29) is 0 Å². The van der Waals surface area contributed by atoms with Gasteiger partial charge in [0.25, 0.3) is 0 Å². The van der Waals surface area contributed by atoms with E-state index in [0.29, 0.717) is 12.1 Å². The number of hydrogen-bond acceptors (Lipinski definition) is 3. The summed E-state index contributed by atoms with van der Waals surface area (Å²) >= 11 is 1.82. The molecular formula is C11H18N2S. The molecule has 0 bridgehead atoms. The second-order valence-electron chi connectivity index (χ2n) is 4.13. The van der Waals surface area contributed by atoms with E-state index in [0.717, 1.165) is 0 Å². The number of hydrogen-bond donors (Lipinski definition) is 1. The van der Waals surface area contributed by atoms with E-state index in [2.05, 4.69) is 29.5 Å². The van der Waals surface area contributed by atoms with Crippen molar-refractivity contribution in [2.24, 2.45) is 5.73 Å². The summed E-state index contributed by atoms with van der Waals surface area (Å²) in [6.07, 6.45) is 4.85.